The predicted octanol–water partition coefficient (Wildman–Crippen LogP) is 3.11. The molecule has 0 bridgehead atoms. The molecule has 2 aromatic carbocycles. The Morgan fingerprint density at radius 1 is 1.20 bits per heavy atom. The highest BCUT2D eigenvalue weighted by molar-refractivity contribution is 6.04. The molecule has 4 heteroatoms. The number of rotatable bonds is 4. The Morgan fingerprint density at radius 3 is 2.70 bits per heavy atom. The molecule has 1 amide bonds. The van der Waals surface area contributed by atoms with E-state index < -0.39 is 0 Å². The second kappa shape index (κ2) is 6.30. The molecule has 0 aliphatic heterocycles. The maximum Gasteiger partial charge on any atom is 0.255 e. The van der Waals surface area contributed by atoms with Gasteiger partial charge in [0.25, 0.3) is 5.91 Å². The van der Waals surface area contributed by atoms with Crippen molar-refractivity contribution in [1.82, 2.24) is 5.32 Å². The van der Waals surface area contributed by atoms with Gasteiger partial charge in [-0.25, -0.2) is 4.39 Å². The topological polar surface area (TPSA) is 41.1 Å². The number of hydrogen-bond donors (Lipinski definition) is 2. The fraction of sp³-hybridized carbons (Fsp3) is 0.188. The van der Waals surface area contributed by atoms with Crippen molar-refractivity contribution in [2.75, 3.05) is 12.4 Å². The minimum atomic E-state index is -0.308. The zero-order valence-electron chi connectivity index (χ0n) is 11.5. The number of nitrogens with one attached hydrogen (secondary N) is 2. The van der Waals surface area contributed by atoms with Gasteiger partial charge < -0.3 is 10.6 Å². The lowest BCUT2D eigenvalue weighted by molar-refractivity contribution is 0.102. The third kappa shape index (κ3) is 3.42. The van der Waals surface area contributed by atoms with E-state index >= 15 is 0 Å². The van der Waals surface area contributed by atoms with Gasteiger partial charge in [0.2, 0.25) is 0 Å². The van der Waals surface area contributed by atoms with Gasteiger partial charge in [-0.15, -0.1) is 0 Å². The van der Waals surface area contributed by atoms with Gasteiger partial charge in [0.1, 0.15) is 5.82 Å². The number of amides is 1. The lowest BCUT2D eigenvalue weighted by Gasteiger charge is -2.08. The standard InChI is InChI=1S/C16H17FN2O/c1-11-8-13(6-7-15(11)17)16(20)19-14-5-3-4-12(9-14)10-18-2/h3-9,18H,10H2,1-2H3,(H,19,20). The molecule has 0 heterocycles. The second-order valence-corrected chi connectivity index (χ2v) is 4.65. The van der Waals surface area contributed by atoms with Gasteiger partial charge in [0.15, 0.2) is 0 Å². The highest BCUT2D eigenvalue weighted by atomic mass is 19.1. The van der Waals surface area contributed by atoms with E-state index in [0.717, 1.165) is 17.8 Å². The van der Waals surface area contributed by atoms with Crippen LogP contribution in [0.3, 0.4) is 0 Å². The molecule has 0 aromatic heterocycles. The molecule has 0 aliphatic rings. The molecule has 2 rings (SSSR count). The summed E-state index contributed by atoms with van der Waals surface area (Å²) in [6.07, 6.45) is 0. The van der Waals surface area contributed by atoms with Crippen LogP contribution in [0.5, 0.6) is 0 Å². The van der Waals surface area contributed by atoms with E-state index in [1.165, 1.54) is 12.1 Å². The van der Waals surface area contributed by atoms with Gasteiger partial charge in [-0.1, -0.05) is 12.1 Å². The number of carbonyl (C=O) groups is 1. The molecule has 20 heavy (non-hydrogen) atoms. The van der Waals surface area contributed by atoms with Gasteiger partial charge in [0.05, 0.1) is 0 Å². The molecule has 0 unspecified atom stereocenters. The maximum absolute atomic E-state index is 13.2. The van der Waals surface area contributed by atoms with Crippen LogP contribution in [0.25, 0.3) is 0 Å². The highest BCUT2D eigenvalue weighted by Gasteiger charge is 2.08. The normalized spacial score (nSPS) is 10.3. The molecule has 2 aromatic rings. The molecule has 104 valence electrons. The van der Waals surface area contributed by atoms with Crippen LogP contribution in [-0.4, -0.2) is 13.0 Å². The van der Waals surface area contributed by atoms with E-state index in [1.54, 1.807) is 13.0 Å². The van der Waals surface area contributed by atoms with Crippen LogP contribution in [-0.2, 0) is 6.54 Å². The quantitative estimate of drug-likeness (QED) is 0.898. The van der Waals surface area contributed by atoms with Gasteiger partial charge >= 0.3 is 0 Å². The maximum atomic E-state index is 13.2. The van der Waals surface area contributed by atoms with Crippen molar-refractivity contribution >= 4 is 11.6 Å². The minimum Gasteiger partial charge on any atom is -0.322 e. The fourth-order valence-electron chi connectivity index (χ4n) is 1.95. The smallest absolute Gasteiger partial charge is 0.255 e. The van der Waals surface area contributed by atoms with Crippen molar-refractivity contribution in [1.29, 1.82) is 0 Å². The molecule has 2 N–H and O–H groups in total. The van der Waals surface area contributed by atoms with Crippen LogP contribution in [0.1, 0.15) is 21.5 Å². The van der Waals surface area contributed by atoms with E-state index in [-0.39, 0.29) is 11.7 Å². The minimum absolute atomic E-state index is 0.241. The molecule has 0 saturated heterocycles. The first-order valence-electron chi connectivity index (χ1n) is 6.41. The lowest BCUT2D eigenvalue weighted by Crippen LogP contribution is -2.13. The number of anilines is 1. The fourth-order valence-corrected chi connectivity index (χ4v) is 1.95. The summed E-state index contributed by atoms with van der Waals surface area (Å²) in [5.74, 6) is -0.549. The van der Waals surface area contributed by atoms with Crippen LogP contribution < -0.4 is 10.6 Å². The summed E-state index contributed by atoms with van der Waals surface area (Å²) in [6.45, 7) is 2.37. The molecule has 0 atom stereocenters. The van der Waals surface area contributed by atoms with E-state index in [0.29, 0.717) is 11.1 Å². The van der Waals surface area contributed by atoms with E-state index in [2.05, 4.69) is 10.6 Å². The molecular weight excluding hydrogens is 255 g/mol. The molecular formula is C16H17FN2O. The Balaban J connectivity index is 2.14. The summed E-state index contributed by atoms with van der Waals surface area (Å²) >= 11 is 0. The Bertz CT molecular complexity index is 626. The summed E-state index contributed by atoms with van der Waals surface area (Å²) in [5, 5.41) is 5.87. The number of aryl methyl sites for hydroxylation is 1. The summed E-state index contributed by atoms with van der Waals surface area (Å²) in [5.41, 5.74) is 2.72. The summed E-state index contributed by atoms with van der Waals surface area (Å²) in [6, 6.07) is 11.9. The average molecular weight is 272 g/mol. The lowest BCUT2D eigenvalue weighted by atomic mass is 10.1. The van der Waals surface area contributed by atoms with Crippen LogP contribution in [0.2, 0.25) is 0 Å². The van der Waals surface area contributed by atoms with Crippen LogP contribution in [0.4, 0.5) is 10.1 Å². The van der Waals surface area contributed by atoms with E-state index in [4.69, 9.17) is 0 Å². The summed E-state index contributed by atoms with van der Waals surface area (Å²) < 4.78 is 13.2. The predicted molar refractivity (Wildman–Crippen MR) is 78.3 cm³/mol. The molecule has 0 fully saturated rings. The zero-order valence-corrected chi connectivity index (χ0v) is 11.5. The Kier molecular flexibility index (Phi) is 4.48. The number of hydrogen-bond acceptors (Lipinski definition) is 2. The van der Waals surface area contributed by atoms with Crippen LogP contribution in [0.15, 0.2) is 42.5 Å². The van der Waals surface area contributed by atoms with Crippen molar-refractivity contribution in [2.45, 2.75) is 13.5 Å². The van der Waals surface area contributed by atoms with Crippen molar-refractivity contribution in [2.24, 2.45) is 0 Å². The van der Waals surface area contributed by atoms with Crippen molar-refractivity contribution < 1.29 is 9.18 Å². The van der Waals surface area contributed by atoms with Crippen molar-refractivity contribution in [3.8, 4) is 0 Å². The second-order valence-electron chi connectivity index (χ2n) is 4.65. The van der Waals surface area contributed by atoms with Gasteiger partial charge in [-0.3, -0.25) is 4.79 Å². The van der Waals surface area contributed by atoms with Crippen LogP contribution in [0, 0.1) is 12.7 Å². The van der Waals surface area contributed by atoms with Crippen molar-refractivity contribution in [3.05, 3.63) is 65.0 Å². The Labute approximate surface area is 117 Å². The third-order valence-electron chi connectivity index (χ3n) is 2.99. The number of carbonyl (C=O) groups excluding carboxylic acids is 1. The van der Waals surface area contributed by atoms with E-state index in [1.807, 2.05) is 31.3 Å². The summed E-state index contributed by atoms with van der Waals surface area (Å²) in [7, 11) is 1.87. The summed E-state index contributed by atoms with van der Waals surface area (Å²) in [4.78, 5) is 12.1. The molecule has 0 spiro atoms. The molecule has 0 aliphatic carbocycles. The first kappa shape index (κ1) is 14.2. The van der Waals surface area contributed by atoms with Crippen molar-refractivity contribution in [3.63, 3.8) is 0 Å². The third-order valence-corrected chi connectivity index (χ3v) is 2.99. The first-order valence-corrected chi connectivity index (χ1v) is 6.41. The molecule has 0 saturated carbocycles. The SMILES string of the molecule is CNCc1cccc(NC(=O)c2ccc(F)c(C)c2)c1. The zero-order chi connectivity index (χ0) is 14.5. The van der Waals surface area contributed by atoms with Gasteiger partial charge in [-0.2, -0.15) is 0 Å². The number of benzene rings is 2. The average Bonchev–Trinajstić information content (AvgIpc) is 2.42. The first-order chi connectivity index (χ1) is 9.60. The monoisotopic (exact) mass is 272 g/mol. The largest absolute Gasteiger partial charge is 0.322 e. The Morgan fingerprint density at radius 2 is 2.00 bits per heavy atom. The highest BCUT2D eigenvalue weighted by Crippen LogP contribution is 2.14. The Hall–Kier alpha value is -2.20. The van der Waals surface area contributed by atoms with Crippen LogP contribution >= 0.6 is 0 Å². The van der Waals surface area contributed by atoms with Gasteiger partial charge in [-0.05, 0) is 55.4 Å². The molecule has 0 radical (unpaired) electrons. The number of halogens is 1. The van der Waals surface area contributed by atoms with E-state index in [9.17, 15) is 9.18 Å². The molecule has 3 nitrogen and oxygen atoms in total. The van der Waals surface area contributed by atoms with Gasteiger partial charge in [0, 0.05) is 17.8 Å².